The number of nitrogens with one attached hydrogen (secondary N) is 1. The van der Waals surface area contributed by atoms with Crippen LogP contribution in [0.25, 0.3) is 0 Å². The first-order valence-electron chi connectivity index (χ1n) is 16.4. The van der Waals surface area contributed by atoms with Gasteiger partial charge in [-0.15, -0.1) is 0 Å². The second-order valence-corrected chi connectivity index (χ2v) is 15.6. The molecule has 2 aliphatic carbocycles. The number of hydrogen-bond acceptors (Lipinski definition) is 9. The van der Waals surface area contributed by atoms with Crippen LogP contribution in [-0.2, 0) is 45.7 Å². The SMILES string of the molecule is CCOC(=O)CO[C@H]1/C=C\COC(C)(C)C(=O)NS(=O)(=O)c2ccc3c(c2)N(C[C@@H]2CC[C@H]21)C[C@@]1(CCCc2cc(Cl)ccc21)CO3. The number of esters is 1. The lowest BCUT2D eigenvalue weighted by Gasteiger charge is -2.46. The lowest BCUT2D eigenvalue weighted by Crippen LogP contribution is -2.50. The molecule has 6 rings (SSSR count). The van der Waals surface area contributed by atoms with Gasteiger partial charge in [-0.25, -0.2) is 17.9 Å². The van der Waals surface area contributed by atoms with Crippen molar-refractivity contribution in [3.8, 4) is 5.75 Å². The molecule has 10 nitrogen and oxygen atoms in total. The van der Waals surface area contributed by atoms with Gasteiger partial charge in [0.05, 0.1) is 36.5 Å². The van der Waals surface area contributed by atoms with Crippen LogP contribution >= 0.6 is 11.6 Å². The van der Waals surface area contributed by atoms with Gasteiger partial charge in [-0.05, 0) is 106 Å². The van der Waals surface area contributed by atoms with E-state index in [2.05, 4.69) is 15.7 Å². The number of nitrogens with zero attached hydrogens (tertiary/aromatic N) is 1. The third kappa shape index (κ3) is 7.04. The minimum Gasteiger partial charge on any atom is -0.490 e. The maximum Gasteiger partial charge on any atom is 0.332 e. The lowest BCUT2D eigenvalue weighted by atomic mass is 9.68. The topological polar surface area (TPSA) is 120 Å². The van der Waals surface area contributed by atoms with E-state index in [1.54, 1.807) is 25.1 Å². The number of fused-ring (bicyclic) bond motifs is 4. The van der Waals surface area contributed by atoms with E-state index in [0.29, 0.717) is 36.2 Å². The molecule has 1 saturated carbocycles. The Morgan fingerprint density at radius 1 is 1.17 bits per heavy atom. The highest BCUT2D eigenvalue weighted by Crippen LogP contribution is 2.47. The number of aryl methyl sites for hydroxylation is 1. The molecule has 254 valence electrons. The maximum atomic E-state index is 13.6. The molecular formula is C35H43ClN2O8S. The average Bonchev–Trinajstić information content (AvgIpc) is 3.16. The fourth-order valence-corrected chi connectivity index (χ4v) is 8.62. The van der Waals surface area contributed by atoms with Crippen molar-refractivity contribution < 1.29 is 37.0 Å². The zero-order valence-electron chi connectivity index (χ0n) is 27.1. The largest absolute Gasteiger partial charge is 0.490 e. The molecule has 0 saturated heterocycles. The van der Waals surface area contributed by atoms with Crippen LogP contribution in [0.15, 0.2) is 53.4 Å². The Kier molecular flexibility index (Phi) is 9.64. The van der Waals surface area contributed by atoms with Crippen molar-refractivity contribution in [1.29, 1.82) is 0 Å². The van der Waals surface area contributed by atoms with E-state index >= 15 is 0 Å². The van der Waals surface area contributed by atoms with Crippen LogP contribution in [0.4, 0.5) is 5.69 Å². The highest BCUT2D eigenvalue weighted by atomic mass is 35.5. The summed E-state index contributed by atoms with van der Waals surface area (Å²) in [4.78, 5) is 27.7. The summed E-state index contributed by atoms with van der Waals surface area (Å²) >= 11 is 6.41. The van der Waals surface area contributed by atoms with Gasteiger partial charge in [-0.1, -0.05) is 29.8 Å². The summed E-state index contributed by atoms with van der Waals surface area (Å²) in [7, 11) is -4.23. The number of carbonyl (C=O) groups is 2. The molecular weight excluding hydrogens is 644 g/mol. The zero-order chi connectivity index (χ0) is 33.4. The van der Waals surface area contributed by atoms with Crippen LogP contribution in [-0.4, -0.2) is 71.5 Å². The van der Waals surface area contributed by atoms with Crippen LogP contribution in [0.3, 0.4) is 0 Å². The summed E-state index contributed by atoms with van der Waals surface area (Å²) in [6.45, 7) is 6.60. The van der Waals surface area contributed by atoms with E-state index < -0.39 is 27.5 Å². The quantitative estimate of drug-likeness (QED) is 0.352. The number of anilines is 1. The zero-order valence-corrected chi connectivity index (χ0v) is 28.7. The average molecular weight is 687 g/mol. The maximum absolute atomic E-state index is 13.6. The molecule has 2 aromatic rings. The smallest absolute Gasteiger partial charge is 0.332 e. The van der Waals surface area contributed by atoms with Gasteiger partial charge < -0.3 is 23.8 Å². The number of rotatable bonds is 4. The Morgan fingerprint density at radius 3 is 2.77 bits per heavy atom. The van der Waals surface area contributed by atoms with Crippen molar-refractivity contribution in [1.82, 2.24) is 4.72 Å². The minimum absolute atomic E-state index is 0.0337. The summed E-state index contributed by atoms with van der Waals surface area (Å²) < 4.78 is 53.0. The van der Waals surface area contributed by atoms with Crippen LogP contribution in [0, 0.1) is 11.8 Å². The molecule has 2 aromatic carbocycles. The van der Waals surface area contributed by atoms with Gasteiger partial charge in [-0.3, -0.25) is 4.79 Å². The van der Waals surface area contributed by atoms with Crippen molar-refractivity contribution in [3.63, 3.8) is 0 Å². The number of carbonyl (C=O) groups excluding carboxylic acids is 2. The summed E-state index contributed by atoms with van der Waals surface area (Å²) in [5.41, 5.74) is 1.29. The first-order chi connectivity index (χ1) is 22.4. The van der Waals surface area contributed by atoms with Gasteiger partial charge >= 0.3 is 5.97 Å². The molecule has 1 fully saturated rings. The number of hydrogen-bond donors (Lipinski definition) is 1. The molecule has 4 aliphatic rings. The third-order valence-corrected chi connectivity index (χ3v) is 11.6. The fourth-order valence-electron chi connectivity index (χ4n) is 7.30. The molecule has 2 bridgehead atoms. The predicted octanol–water partition coefficient (Wildman–Crippen LogP) is 4.96. The van der Waals surface area contributed by atoms with Gasteiger partial charge in [0.1, 0.15) is 18.0 Å². The van der Waals surface area contributed by atoms with E-state index in [1.165, 1.54) is 31.0 Å². The second-order valence-electron chi connectivity index (χ2n) is 13.5. The summed E-state index contributed by atoms with van der Waals surface area (Å²) in [5.74, 6) is -0.343. The van der Waals surface area contributed by atoms with Gasteiger partial charge in [0, 0.05) is 23.5 Å². The molecule has 1 spiro atoms. The van der Waals surface area contributed by atoms with Crippen molar-refractivity contribution in [2.75, 3.05) is 44.4 Å². The minimum atomic E-state index is -4.23. The van der Waals surface area contributed by atoms with Crippen molar-refractivity contribution in [3.05, 3.63) is 64.7 Å². The van der Waals surface area contributed by atoms with E-state index in [4.69, 9.17) is 30.5 Å². The normalized spacial score (nSPS) is 28.8. The summed E-state index contributed by atoms with van der Waals surface area (Å²) in [6, 6.07) is 10.9. The van der Waals surface area contributed by atoms with E-state index in [-0.39, 0.29) is 48.1 Å². The molecule has 1 N–H and O–H groups in total. The van der Waals surface area contributed by atoms with Crippen molar-refractivity contribution in [2.45, 2.75) is 74.9 Å². The molecule has 0 aromatic heterocycles. The number of halogens is 1. The number of amides is 1. The first-order valence-corrected chi connectivity index (χ1v) is 18.2. The first kappa shape index (κ1) is 33.8. The summed E-state index contributed by atoms with van der Waals surface area (Å²) in [6.07, 6.45) is 7.93. The van der Waals surface area contributed by atoms with E-state index in [9.17, 15) is 18.0 Å². The molecule has 2 aliphatic heterocycles. The third-order valence-electron chi connectivity index (χ3n) is 10.0. The standard InChI is InChI=1S/C35H43ClN2O8S/c1-4-43-32(39)20-44-30-8-6-16-46-34(2,3)33(40)37-47(41,42)26-11-14-31-29(18-26)38(19-24-9-12-27(24)30)21-35(22-45-31)15-5-7-23-17-25(36)10-13-28(23)35/h6,8,10-11,13-14,17-18,24,27,30H,4-5,7,9,12,15-16,19-22H2,1-3H3,(H,37,40)/b8-6-/t24-,27+,30-,35-/m0/s1. The second kappa shape index (κ2) is 13.4. The number of ether oxygens (including phenoxy) is 4. The van der Waals surface area contributed by atoms with E-state index in [0.717, 1.165) is 32.1 Å². The molecule has 1 amide bonds. The Bertz CT molecular complexity index is 1660. The Morgan fingerprint density at radius 2 is 2.00 bits per heavy atom. The fraction of sp³-hybridized carbons (Fsp3) is 0.543. The van der Waals surface area contributed by atoms with Crippen LogP contribution in [0.2, 0.25) is 5.02 Å². The highest BCUT2D eigenvalue weighted by molar-refractivity contribution is 7.90. The monoisotopic (exact) mass is 686 g/mol. The van der Waals surface area contributed by atoms with Gasteiger partial charge in [0.15, 0.2) is 0 Å². The van der Waals surface area contributed by atoms with Crippen molar-refractivity contribution >= 4 is 39.2 Å². The van der Waals surface area contributed by atoms with Gasteiger partial charge in [-0.2, -0.15) is 0 Å². The molecule has 12 heteroatoms. The van der Waals surface area contributed by atoms with Crippen LogP contribution in [0.5, 0.6) is 5.75 Å². The Labute approximate surface area is 281 Å². The van der Waals surface area contributed by atoms with Crippen LogP contribution < -0.4 is 14.4 Å². The molecule has 47 heavy (non-hydrogen) atoms. The molecule has 0 unspecified atom stereocenters. The van der Waals surface area contributed by atoms with Crippen molar-refractivity contribution in [2.24, 2.45) is 11.8 Å². The predicted molar refractivity (Wildman–Crippen MR) is 177 cm³/mol. The Hall–Kier alpha value is -3.12. The van der Waals surface area contributed by atoms with Gasteiger partial charge in [0.25, 0.3) is 15.9 Å². The van der Waals surface area contributed by atoms with E-state index in [1.807, 2.05) is 18.2 Å². The molecule has 2 heterocycles. The number of benzene rings is 2. The Balaban J connectivity index is 1.41. The molecule has 0 radical (unpaired) electrons. The summed E-state index contributed by atoms with van der Waals surface area (Å²) in [5, 5.41) is 0.702. The number of sulfonamides is 1. The van der Waals surface area contributed by atoms with Crippen LogP contribution in [0.1, 0.15) is 57.6 Å². The highest BCUT2D eigenvalue weighted by Gasteiger charge is 2.45. The molecule has 4 atom stereocenters. The van der Waals surface area contributed by atoms with Gasteiger partial charge in [0.2, 0.25) is 0 Å². The lowest BCUT2D eigenvalue weighted by molar-refractivity contribution is -0.151.